The third-order valence-corrected chi connectivity index (χ3v) is 3.82. The zero-order chi connectivity index (χ0) is 9.59. The van der Waals surface area contributed by atoms with E-state index in [0.717, 1.165) is 18.3 Å². The van der Waals surface area contributed by atoms with Crippen LogP contribution in [0.3, 0.4) is 0 Å². The molecule has 2 aliphatic rings. The predicted octanol–water partition coefficient (Wildman–Crippen LogP) is 3.42. The van der Waals surface area contributed by atoms with Crippen LogP contribution in [0.5, 0.6) is 0 Å². The van der Waals surface area contributed by atoms with Crippen LogP contribution in [0.1, 0.15) is 40.5 Å². The normalized spacial score (nSPS) is 38.2. The number of hydrogen-bond acceptors (Lipinski definition) is 1. The molecule has 0 N–H and O–H groups in total. The zero-order valence-corrected chi connectivity index (χ0v) is 9.09. The molecule has 2 rings (SSSR count). The van der Waals surface area contributed by atoms with E-state index in [2.05, 4.69) is 32.7 Å². The van der Waals surface area contributed by atoms with Gasteiger partial charge >= 0.3 is 0 Å². The summed E-state index contributed by atoms with van der Waals surface area (Å²) in [5.74, 6) is 2.32. The van der Waals surface area contributed by atoms with Crippen molar-refractivity contribution in [2.45, 2.75) is 40.5 Å². The molecular weight excluding hydrogens is 158 g/mol. The summed E-state index contributed by atoms with van der Waals surface area (Å²) in [6.07, 6.45) is 2.45. The third-order valence-electron chi connectivity index (χ3n) is 3.82. The van der Waals surface area contributed by atoms with Crippen LogP contribution in [-0.2, 0) is 0 Å². The first-order valence-corrected chi connectivity index (χ1v) is 5.42. The van der Waals surface area contributed by atoms with Gasteiger partial charge in [-0.25, -0.2) is 0 Å². The molecule has 1 heterocycles. The molecule has 0 amide bonds. The minimum atomic E-state index is 0.701. The van der Waals surface area contributed by atoms with Crippen LogP contribution < -0.4 is 0 Å². The number of nitrogens with zero attached hydrogens (tertiary/aromatic N) is 1. The van der Waals surface area contributed by atoms with Gasteiger partial charge in [-0.3, -0.25) is 4.99 Å². The Hall–Kier alpha value is -0.590. The van der Waals surface area contributed by atoms with Gasteiger partial charge in [0.1, 0.15) is 0 Å². The van der Waals surface area contributed by atoms with Crippen LogP contribution >= 0.6 is 0 Å². The fourth-order valence-corrected chi connectivity index (χ4v) is 3.07. The zero-order valence-electron chi connectivity index (χ0n) is 9.09. The maximum Gasteiger partial charge on any atom is 0.0432 e. The van der Waals surface area contributed by atoms with Crippen molar-refractivity contribution in [1.29, 1.82) is 0 Å². The van der Waals surface area contributed by atoms with Crippen LogP contribution in [-0.4, -0.2) is 5.71 Å². The molecule has 13 heavy (non-hydrogen) atoms. The standard InChI is InChI=1S/C12H19N/c1-5-10-8(3)11-6-7(2)13-12(11)9(10)4/h8-10H,5-6H2,1-4H3. The van der Waals surface area contributed by atoms with Crippen molar-refractivity contribution >= 4 is 5.71 Å². The molecule has 0 saturated carbocycles. The maximum atomic E-state index is 4.68. The van der Waals surface area contributed by atoms with E-state index in [1.54, 1.807) is 5.57 Å². The Labute approximate surface area is 80.9 Å². The first-order chi connectivity index (χ1) is 6.15. The van der Waals surface area contributed by atoms with Crippen LogP contribution in [0.15, 0.2) is 16.3 Å². The molecule has 0 saturated heterocycles. The highest BCUT2D eigenvalue weighted by Gasteiger charge is 2.38. The summed E-state index contributed by atoms with van der Waals surface area (Å²) in [4.78, 5) is 4.68. The second-order valence-corrected chi connectivity index (χ2v) is 4.58. The molecule has 0 aromatic heterocycles. The third kappa shape index (κ3) is 1.17. The minimum Gasteiger partial charge on any atom is -0.262 e. The van der Waals surface area contributed by atoms with Crippen LogP contribution in [0.25, 0.3) is 0 Å². The second-order valence-electron chi connectivity index (χ2n) is 4.58. The molecule has 72 valence electrons. The van der Waals surface area contributed by atoms with E-state index in [1.165, 1.54) is 17.8 Å². The molecule has 0 fully saturated rings. The SMILES string of the molecule is CCC1C(C)C2=C(N=C(C)C2)C1C. The van der Waals surface area contributed by atoms with E-state index in [4.69, 9.17) is 0 Å². The summed E-state index contributed by atoms with van der Waals surface area (Å²) in [5.41, 5.74) is 4.38. The monoisotopic (exact) mass is 177 g/mol. The van der Waals surface area contributed by atoms with E-state index < -0.39 is 0 Å². The topological polar surface area (TPSA) is 12.4 Å². The average Bonchev–Trinajstić information content (AvgIpc) is 2.55. The number of rotatable bonds is 1. The maximum absolute atomic E-state index is 4.68. The van der Waals surface area contributed by atoms with Gasteiger partial charge in [-0.05, 0) is 24.3 Å². The van der Waals surface area contributed by atoms with E-state index in [9.17, 15) is 0 Å². The summed E-state index contributed by atoms with van der Waals surface area (Å²) in [5, 5.41) is 0. The van der Waals surface area contributed by atoms with Gasteiger partial charge in [0, 0.05) is 23.7 Å². The van der Waals surface area contributed by atoms with Crippen molar-refractivity contribution in [3.8, 4) is 0 Å². The Morgan fingerprint density at radius 1 is 1.31 bits per heavy atom. The Morgan fingerprint density at radius 2 is 2.00 bits per heavy atom. The van der Waals surface area contributed by atoms with Crippen molar-refractivity contribution in [3.05, 3.63) is 11.3 Å². The van der Waals surface area contributed by atoms with Crippen molar-refractivity contribution in [2.24, 2.45) is 22.7 Å². The van der Waals surface area contributed by atoms with Gasteiger partial charge < -0.3 is 0 Å². The molecule has 1 nitrogen and oxygen atoms in total. The summed E-state index contributed by atoms with van der Waals surface area (Å²) in [6.45, 7) is 9.17. The lowest BCUT2D eigenvalue weighted by Crippen LogP contribution is -2.14. The molecule has 0 spiro atoms. The van der Waals surface area contributed by atoms with Crippen molar-refractivity contribution < 1.29 is 0 Å². The van der Waals surface area contributed by atoms with E-state index in [1.807, 2.05) is 0 Å². The highest BCUT2D eigenvalue weighted by Crippen LogP contribution is 2.47. The lowest BCUT2D eigenvalue weighted by molar-refractivity contribution is 0.341. The smallest absolute Gasteiger partial charge is 0.0432 e. The van der Waals surface area contributed by atoms with Crippen LogP contribution in [0, 0.1) is 17.8 Å². The molecule has 3 unspecified atom stereocenters. The molecule has 1 aliphatic heterocycles. The average molecular weight is 177 g/mol. The van der Waals surface area contributed by atoms with Gasteiger partial charge in [0.25, 0.3) is 0 Å². The van der Waals surface area contributed by atoms with Gasteiger partial charge in [-0.1, -0.05) is 27.2 Å². The summed E-state index contributed by atoms with van der Waals surface area (Å²) < 4.78 is 0. The number of aliphatic imine (C=N–C) groups is 1. The van der Waals surface area contributed by atoms with Gasteiger partial charge in [-0.15, -0.1) is 0 Å². The Kier molecular flexibility index (Phi) is 2.05. The van der Waals surface area contributed by atoms with Crippen molar-refractivity contribution in [3.63, 3.8) is 0 Å². The highest BCUT2D eigenvalue weighted by molar-refractivity contribution is 5.88. The van der Waals surface area contributed by atoms with Gasteiger partial charge in [0.15, 0.2) is 0 Å². The highest BCUT2D eigenvalue weighted by atomic mass is 14.8. The molecule has 3 atom stereocenters. The summed E-state index contributed by atoms with van der Waals surface area (Å²) in [7, 11) is 0. The second kappa shape index (κ2) is 2.97. The first kappa shape index (κ1) is 8.98. The Bertz CT molecular complexity index is 285. The fourth-order valence-electron chi connectivity index (χ4n) is 3.07. The summed E-state index contributed by atoms with van der Waals surface area (Å²) >= 11 is 0. The number of hydrogen-bond donors (Lipinski definition) is 0. The lowest BCUT2D eigenvalue weighted by Gasteiger charge is -2.21. The Balaban J connectivity index is 2.29. The van der Waals surface area contributed by atoms with Crippen LogP contribution in [0.4, 0.5) is 0 Å². The molecule has 0 aromatic carbocycles. The van der Waals surface area contributed by atoms with Gasteiger partial charge in [0.2, 0.25) is 0 Å². The molecule has 1 aliphatic carbocycles. The molecule has 0 radical (unpaired) electrons. The van der Waals surface area contributed by atoms with Crippen molar-refractivity contribution in [2.75, 3.05) is 0 Å². The largest absolute Gasteiger partial charge is 0.262 e. The van der Waals surface area contributed by atoms with Gasteiger partial charge in [0.05, 0.1) is 0 Å². The van der Waals surface area contributed by atoms with E-state index in [-0.39, 0.29) is 0 Å². The first-order valence-electron chi connectivity index (χ1n) is 5.42. The van der Waals surface area contributed by atoms with E-state index >= 15 is 0 Å². The molecular formula is C12H19N. The van der Waals surface area contributed by atoms with E-state index in [0.29, 0.717) is 5.92 Å². The quantitative estimate of drug-likeness (QED) is 0.582. The Morgan fingerprint density at radius 3 is 2.54 bits per heavy atom. The number of allylic oxidation sites excluding steroid dienone is 2. The summed E-state index contributed by atoms with van der Waals surface area (Å²) in [6, 6.07) is 0. The predicted molar refractivity (Wildman–Crippen MR) is 56.9 cm³/mol. The minimum absolute atomic E-state index is 0.701. The van der Waals surface area contributed by atoms with Crippen molar-refractivity contribution in [1.82, 2.24) is 0 Å². The molecule has 0 bridgehead atoms. The fraction of sp³-hybridized carbons (Fsp3) is 0.750. The van der Waals surface area contributed by atoms with Gasteiger partial charge in [-0.2, -0.15) is 0 Å². The lowest BCUT2D eigenvalue weighted by atomic mass is 9.85. The molecule has 1 heteroatoms. The molecule has 0 aromatic rings. The van der Waals surface area contributed by atoms with Crippen LogP contribution in [0.2, 0.25) is 0 Å².